The first kappa shape index (κ1) is 19.6. The summed E-state index contributed by atoms with van der Waals surface area (Å²) in [5.41, 5.74) is 2.97. The van der Waals surface area contributed by atoms with Crippen LogP contribution in [0.1, 0.15) is 11.3 Å². The molecule has 0 saturated carbocycles. The van der Waals surface area contributed by atoms with Gasteiger partial charge in [0, 0.05) is 31.7 Å². The summed E-state index contributed by atoms with van der Waals surface area (Å²) in [4.78, 5) is 17.0. The SMILES string of the molecule is CN(C)c1ccc(CN(Cc2ccco2)C(=O)Nc2cccc3ccccc23)cc1. The zero-order valence-corrected chi connectivity index (χ0v) is 17.2. The number of furan rings is 1. The predicted octanol–water partition coefficient (Wildman–Crippen LogP) is 5.73. The molecule has 0 aliphatic rings. The van der Waals surface area contributed by atoms with Gasteiger partial charge in [0.05, 0.1) is 18.5 Å². The molecule has 2 amide bonds. The van der Waals surface area contributed by atoms with Crippen LogP contribution in [0.3, 0.4) is 0 Å². The second-order valence-electron chi connectivity index (χ2n) is 7.45. The lowest BCUT2D eigenvalue weighted by atomic mass is 10.1. The fourth-order valence-electron chi connectivity index (χ4n) is 3.44. The minimum atomic E-state index is -0.167. The average Bonchev–Trinajstić information content (AvgIpc) is 3.27. The average molecular weight is 399 g/mol. The van der Waals surface area contributed by atoms with Crippen molar-refractivity contribution in [3.05, 3.63) is 96.4 Å². The zero-order valence-electron chi connectivity index (χ0n) is 17.2. The summed E-state index contributed by atoms with van der Waals surface area (Å²) in [7, 11) is 4.02. The van der Waals surface area contributed by atoms with Gasteiger partial charge in [0.25, 0.3) is 0 Å². The van der Waals surface area contributed by atoms with Gasteiger partial charge in [-0.05, 0) is 41.3 Å². The number of anilines is 2. The largest absolute Gasteiger partial charge is 0.467 e. The van der Waals surface area contributed by atoms with Crippen molar-refractivity contribution >= 4 is 28.2 Å². The molecule has 152 valence electrons. The van der Waals surface area contributed by atoms with E-state index in [9.17, 15) is 4.79 Å². The Balaban J connectivity index is 1.57. The summed E-state index contributed by atoms with van der Waals surface area (Å²) < 4.78 is 5.49. The maximum absolute atomic E-state index is 13.2. The number of carbonyl (C=O) groups is 1. The second-order valence-corrected chi connectivity index (χ2v) is 7.45. The smallest absolute Gasteiger partial charge is 0.322 e. The lowest BCUT2D eigenvalue weighted by molar-refractivity contribution is 0.201. The van der Waals surface area contributed by atoms with Crippen LogP contribution in [0.5, 0.6) is 0 Å². The van der Waals surface area contributed by atoms with E-state index < -0.39 is 0 Å². The Morgan fingerprint density at radius 3 is 2.37 bits per heavy atom. The van der Waals surface area contributed by atoms with Crippen LogP contribution in [0.2, 0.25) is 0 Å². The number of fused-ring (bicyclic) bond motifs is 1. The molecule has 30 heavy (non-hydrogen) atoms. The van der Waals surface area contributed by atoms with Crippen molar-refractivity contribution < 1.29 is 9.21 Å². The molecule has 0 radical (unpaired) electrons. The van der Waals surface area contributed by atoms with Crippen molar-refractivity contribution in [2.24, 2.45) is 0 Å². The predicted molar refractivity (Wildman–Crippen MR) is 122 cm³/mol. The monoisotopic (exact) mass is 399 g/mol. The summed E-state index contributed by atoms with van der Waals surface area (Å²) in [5, 5.41) is 5.19. The first-order valence-corrected chi connectivity index (χ1v) is 9.92. The Kier molecular flexibility index (Phi) is 5.70. The third-order valence-corrected chi connectivity index (χ3v) is 5.07. The van der Waals surface area contributed by atoms with Gasteiger partial charge in [0.2, 0.25) is 0 Å². The van der Waals surface area contributed by atoms with Gasteiger partial charge < -0.3 is 19.5 Å². The summed E-state index contributed by atoms with van der Waals surface area (Å²) in [6.07, 6.45) is 1.63. The molecule has 4 rings (SSSR count). The van der Waals surface area contributed by atoms with E-state index in [0.717, 1.165) is 33.5 Å². The van der Waals surface area contributed by atoms with Gasteiger partial charge in [0.1, 0.15) is 5.76 Å². The third kappa shape index (κ3) is 4.46. The van der Waals surface area contributed by atoms with Gasteiger partial charge in [-0.2, -0.15) is 0 Å². The molecule has 3 aromatic carbocycles. The number of hydrogen-bond acceptors (Lipinski definition) is 3. The first-order chi connectivity index (χ1) is 14.6. The summed E-state index contributed by atoms with van der Waals surface area (Å²) in [6, 6.07) is 25.7. The Hall–Kier alpha value is -3.73. The number of hydrogen-bond donors (Lipinski definition) is 1. The minimum Gasteiger partial charge on any atom is -0.467 e. The molecular formula is C25H25N3O2. The highest BCUT2D eigenvalue weighted by atomic mass is 16.3. The Morgan fingerprint density at radius 2 is 1.63 bits per heavy atom. The minimum absolute atomic E-state index is 0.167. The fraction of sp³-hybridized carbons (Fsp3) is 0.160. The summed E-state index contributed by atoms with van der Waals surface area (Å²) >= 11 is 0. The van der Waals surface area contributed by atoms with E-state index in [2.05, 4.69) is 34.5 Å². The lowest BCUT2D eigenvalue weighted by Crippen LogP contribution is -2.34. The molecular weight excluding hydrogens is 374 g/mol. The van der Waals surface area contributed by atoms with Crippen LogP contribution in [0.15, 0.2) is 89.5 Å². The van der Waals surface area contributed by atoms with E-state index in [0.29, 0.717) is 13.1 Å². The molecule has 0 unspecified atom stereocenters. The second kappa shape index (κ2) is 8.74. The Labute approximate surface area is 176 Å². The standard InChI is InChI=1S/C25H25N3O2/c1-27(2)21-14-12-19(13-15-21)17-28(18-22-9-6-16-30-22)25(29)26-24-11-5-8-20-7-3-4-10-23(20)24/h3-16H,17-18H2,1-2H3,(H,26,29). The van der Waals surface area contributed by atoms with Crippen LogP contribution >= 0.6 is 0 Å². The number of nitrogens with one attached hydrogen (secondary N) is 1. The van der Waals surface area contributed by atoms with Gasteiger partial charge in [0.15, 0.2) is 0 Å². The van der Waals surface area contributed by atoms with E-state index in [1.807, 2.05) is 68.7 Å². The molecule has 0 fully saturated rings. The van der Waals surface area contributed by atoms with Gasteiger partial charge in [-0.15, -0.1) is 0 Å². The van der Waals surface area contributed by atoms with E-state index in [-0.39, 0.29) is 6.03 Å². The van der Waals surface area contributed by atoms with Crippen molar-refractivity contribution in [3.8, 4) is 0 Å². The molecule has 0 spiro atoms. The highest BCUT2D eigenvalue weighted by Crippen LogP contribution is 2.24. The quantitative estimate of drug-likeness (QED) is 0.450. The summed E-state index contributed by atoms with van der Waals surface area (Å²) in [6.45, 7) is 0.865. The molecule has 0 aliphatic heterocycles. The number of urea groups is 1. The number of amides is 2. The maximum Gasteiger partial charge on any atom is 0.322 e. The van der Waals surface area contributed by atoms with Gasteiger partial charge >= 0.3 is 6.03 Å². The number of nitrogens with zero attached hydrogens (tertiary/aromatic N) is 2. The van der Waals surface area contributed by atoms with E-state index in [4.69, 9.17) is 4.42 Å². The molecule has 0 aliphatic carbocycles. The first-order valence-electron chi connectivity index (χ1n) is 9.92. The van der Waals surface area contributed by atoms with Crippen molar-refractivity contribution in [2.45, 2.75) is 13.1 Å². The Morgan fingerprint density at radius 1 is 0.867 bits per heavy atom. The zero-order chi connectivity index (χ0) is 20.9. The van der Waals surface area contributed by atoms with Crippen LogP contribution in [-0.2, 0) is 13.1 Å². The molecule has 0 atom stereocenters. The van der Waals surface area contributed by atoms with Gasteiger partial charge in [-0.1, -0.05) is 48.5 Å². The van der Waals surface area contributed by atoms with Crippen molar-refractivity contribution in [1.29, 1.82) is 0 Å². The molecule has 1 N–H and O–H groups in total. The topological polar surface area (TPSA) is 48.7 Å². The van der Waals surface area contributed by atoms with Crippen LogP contribution in [0.25, 0.3) is 10.8 Å². The number of rotatable bonds is 6. The van der Waals surface area contributed by atoms with Crippen molar-refractivity contribution in [1.82, 2.24) is 4.90 Å². The normalized spacial score (nSPS) is 10.7. The molecule has 0 saturated heterocycles. The molecule has 4 aromatic rings. The number of carbonyl (C=O) groups excluding carboxylic acids is 1. The Bertz CT molecular complexity index is 1110. The molecule has 1 aromatic heterocycles. The molecule has 5 nitrogen and oxygen atoms in total. The van der Waals surface area contributed by atoms with Crippen molar-refractivity contribution in [3.63, 3.8) is 0 Å². The molecule has 1 heterocycles. The highest BCUT2D eigenvalue weighted by Gasteiger charge is 2.17. The van der Waals surface area contributed by atoms with Crippen molar-refractivity contribution in [2.75, 3.05) is 24.3 Å². The van der Waals surface area contributed by atoms with E-state index in [1.165, 1.54) is 0 Å². The lowest BCUT2D eigenvalue weighted by Gasteiger charge is -2.23. The van der Waals surface area contributed by atoms with Gasteiger partial charge in [-0.3, -0.25) is 0 Å². The maximum atomic E-state index is 13.2. The van der Waals surface area contributed by atoms with Crippen LogP contribution in [0.4, 0.5) is 16.2 Å². The highest BCUT2D eigenvalue weighted by molar-refractivity contribution is 6.01. The van der Waals surface area contributed by atoms with Crippen LogP contribution < -0.4 is 10.2 Å². The van der Waals surface area contributed by atoms with Crippen LogP contribution in [0, 0.1) is 0 Å². The van der Waals surface area contributed by atoms with Gasteiger partial charge in [-0.25, -0.2) is 4.79 Å². The summed E-state index contributed by atoms with van der Waals surface area (Å²) in [5.74, 6) is 0.744. The third-order valence-electron chi connectivity index (χ3n) is 5.07. The van der Waals surface area contributed by atoms with E-state index in [1.54, 1.807) is 11.2 Å². The number of benzene rings is 3. The van der Waals surface area contributed by atoms with Crippen LogP contribution in [-0.4, -0.2) is 25.0 Å². The van der Waals surface area contributed by atoms with E-state index >= 15 is 0 Å². The molecule has 5 heteroatoms. The molecule has 0 bridgehead atoms. The fourth-order valence-corrected chi connectivity index (χ4v) is 3.44.